The van der Waals surface area contributed by atoms with E-state index in [-0.39, 0.29) is 18.6 Å². The third-order valence-corrected chi connectivity index (χ3v) is 5.23. The van der Waals surface area contributed by atoms with E-state index in [1.54, 1.807) is 4.57 Å². The van der Waals surface area contributed by atoms with Crippen molar-refractivity contribution in [1.82, 2.24) is 4.57 Å². The average Bonchev–Trinajstić information content (AvgIpc) is 2.68. The highest BCUT2D eigenvalue weighted by molar-refractivity contribution is 5.79. The van der Waals surface area contributed by atoms with Crippen LogP contribution in [0.3, 0.4) is 0 Å². The largest absolute Gasteiger partial charge is 0.503 e. The van der Waals surface area contributed by atoms with E-state index in [0.717, 1.165) is 24.8 Å². The molecule has 6 nitrogen and oxygen atoms in total. The van der Waals surface area contributed by atoms with Crippen LogP contribution < -0.4 is 11.2 Å². The van der Waals surface area contributed by atoms with E-state index in [1.165, 1.54) is 31.5 Å². The lowest BCUT2D eigenvalue weighted by Gasteiger charge is -2.27. The summed E-state index contributed by atoms with van der Waals surface area (Å²) < 4.78 is 1.77. The molecular formula is C23H32N2O4. The fourth-order valence-electron chi connectivity index (χ4n) is 3.52. The van der Waals surface area contributed by atoms with Gasteiger partial charge in [-0.15, -0.1) is 0 Å². The average molecular weight is 401 g/mol. The molecule has 0 bridgehead atoms. The fourth-order valence-corrected chi connectivity index (χ4v) is 3.52. The van der Waals surface area contributed by atoms with Gasteiger partial charge in [0, 0.05) is 31.1 Å². The summed E-state index contributed by atoms with van der Waals surface area (Å²) >= 11 is 0. The number of aryl methyl sites for hydroxylation is 1. The number of pyridine rings is 1. The van der Waals surface area contributed by atoms with E-state index in [9.17, 15) is 19.8 Å². The summed E-state index contributed by atoms with van der Waals surface area (Å²) in [5, 5.41) is 19.7. The highest BCUT2D eigenvalue weighted by Gasteiger charge is 2.35. The van der Waals surface area contributed by atoms with Crippen molar-refractivity contribution in [3.8, 4) is 5.75 Å². The van der Waals surface area contributed by atoms with Gasteiger partial charge in [0.15, 0.2) is 5.75 Å². The summed E-state index contributed by atoms with van der Waals surface area (Å²) in [6.45, 7) is 2.78. The van der Waals surface area contributed by atoms with Crippen LogP contribution in [0.25, 0.3) is 0 Å². The van der Waals surface area contributed by atoms with Gasteiger partial charge in [0.25, 0.3) is 0 Å². The number of carboxylic acids is 1. The summed E-state index contributed by atoms with van der Waals surface area (Å²) in [6, 6.07) is 10.5. The minimum atomic E-state index is -1.55. The van der Waals surface area contributed by atoms with E-state index in [2.05, 4.69) is 6.92 Å². The Kier molecular flexibility index (Phi) is 8.46. The molecule has 0 aliphatic rings. The Labute approximate surface area is 172 Å². The molecule has 2 aromatic rings. The van der Waals surface area contributed by atoms with Gasteiger partial charge >= 0.3 is 5.97 Å². The molecule has 0 fully saturated rings. The number of aliphatic carboxylic acids is 1. The Morgan fingerprint density at radius 3 is 2.38 bits per heavy atom. The monoisotopic (exact) mass is 400 g/mol. The van der Waals surface area contributed by atoms with Crippen LogP contribution in [-0.4, -0.2) is 26.3 Å². The number of aromatic nitrogens is 1. The van der Waals surface area contributed by atoms with Gasteiger partial charge in [-0.25, -0.2) is 0 Å². The van der Waals surface area contributed by atoms with Crippen LogP contribution in [0.5, 0.6) is 5.75 Å². The van der Waals surface area contributed by atoms with Gasteiger partial charge in [0.05, 0.1) is 6.20 Å². The van der Waals surface area contributed by atoms with Crippen LogP contribution in [0.4, 0.5) is 0 Å². The second-order valence-electron chi connectivity index (χ2n) is 7.78. The van der Waals surface area contributed by atoms with E-state index >= 15 is 0 Å². The van der Waals surface area contributed by atoms with Crippen molar-refractivity contribution in [2.75, 3.05) is 0 Å². The number of nitrogens with two attached hydrogens (primary N) is 1. The predicted molar refractivity (Wildman–Crippen MR) is 114 cm³/mol. The summed E-state index contributed by atoms with van der Waals surface area (Å²) in [4.78, 5) is 24.0. The molecule has 1 heterocycles. The van der Waals surface area contributed by atoms with E-state index in [4.69, 9.17) is 5.73 Å². The lowest BCUT2D eigenvalue weighted by Crippen LogP contribution is -2.52. The minimum absolute atomic E-state index is 0.00256. The van der Waals surface area contributed by atoms with Gasteiger partial charge in [-0.3, -0.25) is 9.59 Å². The van der Waals surface area contributed by atoms with Gasteiger partial charge < -0.3 is 20.5 Å². The van der Waals surface area contributed by atoms with Gasteiger partial charge in [0.2, 0.25) is 5.43 Å². The molecule has 0 aliphatic carbocycles. The van der Waals surface area contributed by atoms with Crippen molar-refractivity contribution in [3.05, 3.63) is 64.1 Å². The first-order chi connectivity index (χ1) is 13.9. The molecule has 0 spiro atoms. The first-order valence-corrected chi connectivity index (χ1v) is 10.3. The quantitative estimate of drug-likeness (QED) is 0.473. The maximum absolute atomic E-state index is 12.0. The fraction of sp³-hybridized carbons (Fsp3) is 0.478. The topological polar surface area (TPSA) is 106 Å². The molecule has 1 unspecified atom stereocenters. The molecule has 4 N–H and O–H groups in total. The van der Waals surface area contributed by atoms with Crippen LogP contribution >= 0.6 is 0 Å². The number of hydrogen-bond donors (Lipinski definition) is 3. The molecule has 1 aromatic carbocycles. The molecular weight excluding hydrogens is 368 g/mol. The summed E-state index contributed by atoms with van der Waals surface area (Å²) in [7, 11) is 0. The zero-order chi connectivity index (χ0) is 21.3. The number of carboxylic acid groups (broad SMARTS) is 1. The number of nitrogens with zero attached hydrogens (tertiary/aromatic N) is 1. The van der Waals surface area contributed by atoms with Crippen molar-refractivity contribution in [3.63, 3.8) is 0 Å². The molecule has 0 saturated carbocycles. The maximum Gasteiger partial charge on any atom is 0.324 e. The summed E-state index contributed by atoms with van der Waals surface area (Å²) in [5.41, 5.74) is 5.57. The second kappa shape index (κ2) is 10.8. The molecule has 1 aromatic heterocycles. The number of carbonyl (C=O) groups is 1. The van der Waals surface area contributed by atoms with Crippen LogP contribution in [-0.2, 0) is 24.2 Å². The lowest BCUT2D eigenvalue weighted by atomic mass is 9.87. The number of hydrogen-bond acceptors (Lipinski definition) is 4. The molecule has 0 saturated heterocycles. The maximum atomic E-state index is 12.0. The van der Waals surface area contributed by atoms with Crippen molar-refractivity contribution < 1.29 is 15.0 Å². The SMILES string of the molecule is CCCCCCCCn1cc(O)c(=O)cc1CC(N)(Cc1ccccc1)C(=O)O. The highest BCUT2D eigenvalue weighted by Crippen LogP contribution is 2.19. The predicted octanol–water partition coefficient (Wildman–Crippen LogP) is 3.48. The summed E-state index contributed by atoms with van der Waals surface area (Å²) in [5.74, 6) is -1.45. The first kappa shape index (κ1) is 22.7. The molecule has 0 amide bonds. The van der Waals surface area contributed by atoms with Gasteiger partial charge in [-0.2, -0.15) is 0 Å². The normalized spacial score (nSPS) is 13.2. The van der Waals surface area contributed by atoms with Crippen molar-refractivity contribution in [1.29, 1.82) is 0 Å². The van der Waals surface area contributed by atoms with Crippen LogP contribution in [0, 0.1) is 0 Å². The van der Waals surface area contributed by atoms with Crippen molar-refractivity contribution in [2.24, 2.45) is 5.73 Å². The molecule has 1 atom stereocenters. The van der Waals surface area contributed by atoms with Crippen LogP contribution in [0.2, 0.25) is 0 Å². The van der Waals surface area contributed by atoms with Gasteiger partial charge in [-0.1, -0.05) is 69.4 Å². The van der Waals surface area contributed by atoms with Crippen LogP contribution in [0.1, 0.15) is 56.7 Å². The number of unbranched alkanes of at least 4 members (excludes halogenated alkanes) is 5. The number of aromatic hydroxyl groups is 1. The molecule has 2 rings (SSSR count). The smallest absolute Gasteiger partial charge is 0.324 e. The highest BCUT2D eigenvalue weighted by atomic mass is 16.4. The Morgan fingerprint density at radius 2 is 1.72 bits per heavy atom. The number of benzene rings is 1. The first-order valence-electron chi connectivity index (χ1n) is 10.3. The zero-order valence-corrected chi connectivity index (χ0v) is 17.1. The Morgan fingerprint density at radius 1 is 1.07 bits per heavy atom. The van der Waals surface area contributed by atoms with Gasteiger partial charge in [-0.05, 0) is 12.0 Å². The standard InChI is InChI=1S/C23H32N2O4/c1-2-3-4-5-6-10-13-25-17-21(27)20(26)14-19(25)16-23(24,22(28)29)15-18-11-8-7-9-12-18/h7-9,11-12,14,17,27H,2-6,10,13,15-16,24H2,1H3,(H,28,29). The molecule has 29 heavy (non-hydrogen) atoms. The third-order valence-electron chi connectivity index (χ3n) is 5.23. The molecule has 0 aliphatic heterocycles. The van der Waals surface area contributed by atoms with Crippen LogP contribution in [0.15, 0.2) is 47.4 Å². The zero-order valence-electron chi connectivity index (χ0n) is 17.1. The molecule has 0 radical (unpaired) electrons. The molecule has 158 valence electrons. The summed E-state index contributed by atoms with van der Waals surface area (Å²) in [6.07, 6.45) is 8.22. The third kappa shape index (κ3) is 6.75. The molecule has 6 heteroatoms. The lowest BCUT2D eigenvalue weighted by molar-refractivity contribution is -0.143. The minimum Gasteiger partial charge on any atom is -0.503 e. The van der Waals surface area contributed by atoms with E-state index < -0.39 is 16.9 Å². The Hall–Kier alpha value is -2.60. The second-order valence-corrected chi connectivity index (χ2v) is 7.78. The Bertz CT molecular complexity index is 848. The van der Waals surface area contributed by atoms with E-state index in [0.29, 0.717) is 12.2 Å². The van der Waals surface area contributed by atoms with Gasteiger partial charge in [0.1, 0.15) is 5.54 Å². The van der Waals surface area contributed by atoms with Crippen molar-refractivity contribution >= 4 is 5.97 Å². The Balaban J connectivity index is 2.18. The van der Waals surface area contributed by atoms with Crippen molar-refractivity contribution in [2.45, 2.75) is 70.4 Å². The van der Waals surface area contributed by atoms with E-state index in [1.807, 2.05) is 30.3 Å². The number of rotatable bonds is 12.